The van der Waals surface area contributed by atoms with Gasteiger partial charge in [0.25, 0.3) is 5.89 Å². The number of rotatable bonds is 4. The topological polar surface area (TPSA) is 73.9 Å². The highest BCUT2D eigenvalue weighted by molar-refractivity contribution is 5.62. The van der Waals surface area contributed by atoms with E-state index in [1.165, 1.54) is 0 Å². The average Bonchev–Trinajstić information content (AvgIpc) is 2.98. The fraction of sp³-hybridized carbons (Fsp3) is 0.200. The Morgan fingerprint density at radius 1 is 1.05 bits per heavy atom. The first-order valence-corrected chi connectivity index (χ1v) is 6.61. The summed E-state index contributed by atoms with van der Waals surface area (Å²) in [6.07, 6.45) is 3.36. The number of pyridine rings is 2. The van der Waals surface area contributed by atoms with Gasteiger partial charge in [-0.25, -0.2) is 4.98 Å². The first-order valence-electron chi connectivity index (χ1n) is 6.61. The van der Waals surface area contributed by atoms with Crippen LogP contribution < -0.4 is 4.74 Å². The fourth-order valence-electron chi connectivity index (χ4n) is 1.80. The van der Waals surface area contributed by atoms with Gasteiger partial charge in [0.1, 0.15) is 11.3 Å². The largest absolute Gasteiger partial charge is 0.474 e. The highest BCUT2D eigenvalue weighted by Gasteiger charge is 2.16. The lowest BCUT2D eigenvalue weighted by molar-refractivity contribution is 0.233. The van der Waals surface area contributed by atoms with Crippen LogP contribution in [0.25, 0.3) is 23.0 Å². The number of ether oxygens (including phenoxy) is 1. The van der Waals surface area contributed by atoms with E-state index >= 15 is 0 Å². The first kappa shape index (κ1) is 13.2. The summed E-state index contributed by atoms with van der Waals surface area (Å²) in [4.78, 5) is 12.8. The van der Waals surface area contributed by atoms with Gasteiger partial charge in [0.2, 0.25) is 11.7 Å². The van der Waals surface area contributed by atoms with Gasteiger partial charge < -0.3 is 9.26 Å². The van der Waals surface area contributed by atoms with Crippen molar-refractivity contribution in [2.45, 2.75) is 20.0 Å². The Kier molecular flexibility index (Phi) is 3.59. The van der Waals surface area contributed by atoms with Crippen LogP contribution in [0.2, 0.25) is 0 Å². The summed E-state index contributed by atoms with van der Waals surface area (Å²) in [5, 5.41) is 3.95. The Morgan fingerprint density at radius 2 is 1.90 bits per heavy atom. The maximum absolute atomic E-state index is 5.66. The van der Waals surface area contributed by atoms with E-state index in [1.807, 2.05) is 38.1 Å². The second kappa shape index (κ2) is 5.70. The number of nitrogens with zero attached hydrogens (tertiary/aromatic N) is 4. The Bertz CT molecular complexity index is 725. The minimum Gasteiger partial charge on any atom is -0.474 e. The molecule has 3 heterocycles. The Hall–Kier alpha value is -2.76. The molecule has 0 aliphatic rings. The van der Waals surface area contributed by atoms with Crippen molar-refractivity contribution in [1.29, 1.82) is 0 Å². The summed E-state index contributed by atoms with van der Waals surface area (Å²) >= 11 is 0. The molecule has 0 aliphatic heterocycles. The van der Waals surface area contributed by atoms with Gasteiger partial charge in [-0.3, -0.25) is 4.98 Å². The molecule has 0 radical (unpaired) electrons. The summed E-state index contributed by atoms with van der Waals surface area (Å²) in [5.41, 5.74) is 1.32. The molecule has 106 valence electrons. The van der Waals surface area contributed by atoms with Crippen molar-refractivity contribution in [2.24, 2.45) is 0 Å². The minimum atomic E-state index is 0.0110. The quantitative estimate of drug-likeness (QED) is 0.732. The van der Waals surface area contributed by atoms with Crippen LogP contribution in [0.15, 0.2) is 47.2 Å². The van der Waals surface area contributed by atoms with Gasteiger partial charge >= 0.3 is 0 Å². The molecule has 0 unspecified atom stereocenters. The number of aromatic nitrogens is 4. The maximum Gasteiger partial charge on any atom is 0.263 e. The molecule has 6 nitrogen and oxygen atoms in total. The molecule has 21 heavy (non-hydrogen) atoms. The third-order valence-corrected chi connectivity index (χ3v) is 2.67. The first-order chi connectivity index (χ1) is 10.2. The molecule has 0 saturated heterocycles. The summed E-state index contributed by atoms with van der Waals surface area (Å²) in [6.45, 7) is 3.87. The van der Waals surface area contributed by atoms with Crippen molar-refractivity contribution in [1.82, 2.24) is 20.1 Å². The third-order valence-electron chi connectivity index (χ3n) is 2.67. The summed E-state index contributed by atoms with van der Waals surface area (Å²) in [5.74, 6) is 1.27. The summed E-state index contributed by atoms with van der Waals surface area (Å²) < 4.78 is 11.0. The fourth-order valence-corrected chi connectivity index (χ4v) is 1.80. The molecule has 0 atom stereocenters. The smallest absolute Gasteiger partial charge is 0.263 e. The molecular formula is C15H14N4O2. The highest BCUT2D eigenvalue weighted by Crippen LogP contribution is 2.28. The standard InChI is InChI=1S/C15H14N4O2/c1-10(2)20-14-11(6-5-9-17-14)15-18-13(19-21-15)12-7-3-4-8-16-12/h3-10H,1-2H3. The normalized spacial score (nSPS) is 10.8. The third kappa shape index (κ3) is 2.89. The Balaban J connectivity index is 1.97. The van der Waals surface area contributed by atoms with Crippen LogP contribution >= 0.6 is 0 Å². The van der Waals surface area contributed by atoms with E-state index < -0.39 is 0 Å². The highest BCUT2D eigenvalue weighted by atomic mass is 16.5. The molecule has 0 N–H and O–H groups in total. The molecule has 0 saturated carbocycles. The SMILES string of the molecule is CC(C)Oc1ncccc1-c1nc(-c2ccccn2)no1. The minimum absolute atomic E-state index is 0.0110. The monoisotopic (exact) mass is 282 g/mol. The van der Waals surface area contributed by atoms with Crippen LogP contribution in [0.3, 0.4) is 0 Å². The molecule has 3 rings (SSSR count). The predicted molar refractivity (Wildman–Crippen MR) is 76.5 cm³/mol. The van der Waals surface area contributed by atoms with Crippen LogP contribution in [-0.2, 0) is 0 Å². The van der Waals surface area contributed by atoms with Gasteiger partial charge in [0.15, 0.2) is 0 Å². The van der Waals surface area contributed by atoms with Gasteiger partial charge in [-0.15, -0.1) is 0 Å². The van der Waals surface area contributed by atoms with Crippen molar-refractivity contribution < 1.29 is 9.26 Å². The average molecular weight is 282 g/mol. The lowest BCUT2D eigenvalue weighted by Gasteiger charge is -2.10. The molecule has 3 aromatic rings. The molecular weight excluding hydrogens is 268 g/mol. The molecule has 0 aromatic carbocycles. The zero-order valence-electron chi connectivity index (χ0n) is 11.7. The number of hydrogen-bond donors (Lipinski definition) is 0. The predicted octanol–water partition coefficient (Wildman–Crippen LogP) is 2.98. The number of hydrogen-bond acceptors (Lipinski definition) is 6. The molecule has 0 aliphatic carbocycles. The van der Waals surface area contributed by atoms with Crippen molar-refractivity contribution in [3.63, 3.8) is 0 Å². The van der Waals surface area contributed by atoms with Crippen LogP contribution in [-0.4, -0.2) is 26.2 Å². The zero-order valence-corrected chi connectivity index (χ0v) is 11.7. The lowest BCUT2D eigenvalue weighted by atomic mass is 10.2. The van der Waals surface area contributed by atoms with E-state index in [-0.39, 0.29) is 6.10 Å². The van der Waals surface area contributed by atoms with Gasteiger partial charge in [0, 0.05) is 12.4 Å². The van der Waals surface area contributed by atoms with E-state index in [1.54, 1.807) is 18.5 Å². The van der Waals surface area contributed by atoms with Crippen LogP contribution in [0.1, 0.15) is 13.8 Å². The molecule has 0 spiro atoms. The van der Waals surface area contributed by atoms with Gasteiger partial charge in [-0.05, 0) is 38.1 Å². The summed E-state index contributed by atoms with van der Waals surface area (Å²) in [6, 6.07) is 9.16. The zero-order chi connectivity index (χ0) is 14.7. The molecule has 0 fully saturated rings. The maximum atomic E-state index is 5.66. The van der Waals surface area contributed by atoms with Crippen molar-refractivity contribution in [3.05, 3.63) is 42.7 Å². The van der Waals surface area contributed by atoms with Crippen molar-refractivity contribution in [2.75, 3.05) is 0 Å². The Labute approximate surface area is 121 Å². The van der Waals surface area contributed by atoms with Gasteiger partial charge in [-0.1, -0.05) is 11.2 Å². The van der Waals surface area contributed by atoms with Gasteiger partial charge in [0.05, 0.1) is 6.10 Å². The molecule has 0 bridgehead atoms. The molecule has 0 amide bonds. The van der Waals surface area contributed by atoms with Crippen LogP contribution in [0.5, 0.6) is 5.88 Å². The van der Waals surface area contributed by atoms with E-state index in [0.29, 0.717) is 28.9 Å². The van der Waals surface area contributed by atoms with E-state index in [2.05, 4.69) is 20.1 Å². The van der Waals surface area contributed by atoms with Gasteiger partial charge in [-0.2, -0.15) is 4.98 Å². The second-order valence-electron chi connectivity index (χ2n) is 4.66. The van der Waals surface area contributed by atoms with Crippen molar-refractivity contribution in [3.8, 4) is 28.9 Å². The van der Waals surface area contributed by atoms with E-state index in [0.717, 1.165) is 0 Å². The van der Waals surface area contributed by atoms with E-state index in [9.17, 15) is 0 Å². The molecule has 6 heteroatoms. The lowest BCUT2D eigenvalue weighted by Crippen LogP contribution is -2.07. The molecule has 3 aromatic heterocycles. The van der Waals surface area contributed by atoms with Crippen molar-refractivity contribution >= 4 is 0 Å². The van der Waals surface area contributed by atoms with Crippen LogP contribution in [0.4, 0.5) is 0 Å². The summed E-state index contributed by atoms with van der Waals surface area (Å²) in [7, 11) is 0. The van der Waals surface area contributed by atoms with Crippen LogP contribution in [0, 0.1) is 0 Å². The second-order valence-corrected chi connectivity index (χ2v) is 4.66. The Morgan fingerprint density at radius 3 is 2.67 bits per heavy atom. The van der Waals surface area contributed by atoms with E-state index in [4.69, 9.17) is 9.26 Å².